The molecule has 0 atom stereocenters. The molecule has 0 aliphatic carbocycles. The van der Waals surface area contributed by atoms with Gasteiger partial charge in [0.1, 0.15) is 11.4 Å². The average Bonchev–Trinajstić information content (AvgIpc) is 2.73. The Hall–Kier alpha value is -2.01. The van der Waals surface area contributed by atoms with Gasteiger partial charge in [-0.3, -0.25) is 5.10 Å². The number of H-pyrrole nitrogens is 1. The molecule has 6 heteroatoms. The van der Waals surface area contributed by atoms with E-state index in [4.69, 9.17) is 16.7 Å². The lowest BCUT2D eigenvalue weighted by Crippen LogP contribution is -1.95. The van der Waals surface area contributed by atoms with E-state index in [-0.39, 0.29) is 11.4 Å². The topological polar surface area (TPSA) is 86.2 Å². The summed E-state index contributed by atoms with van der Waals surface area (Å²) in [5.41, 5.74) is 1.21. The van der Waals surface area contributed by atoms with Gasteiger partial charge in [0.25, 0.3) is 0 Å². The first kappa shape index (κ1) is 11.5. The Morgan fingerprint density at radius 2 is 2.18 bits per heavy atom. The number of phenolic OH excluding ortho intramolecular Hbond substituents is 1. The third-order valence-electron chi connectivity index (χ3n) is 2.39. The second-order valence-corrected chi connectivity index (χ2v) is 3.97. The van der Waals surface area contributed by atoms with Crippen molar-refractivity contribution in [1.82, 2.24) is 10.2 Å². The molecule has 0 saturated heterocycles. The van der Waals surface area contributed by atoms with Gasteiger partial charge in [-0.1, -0.05) is 17.7 Å². The largest absolute Gasteiger partial charge is 0.507 e. The zero-order valence-corrected chi connectivity index (χ0v) is 9.62. The number of aryl methyl sites for hydroxylation is 1. The molecular formula is C11H9ClN2O3. The van der Waals surface area contributed by atoms with E-state index >= 15 is 0 Å². The Morgan fingerprint density at radius 1 is 1.47 bits per heavy atom. The Balaban J connectivity index is 2.60. The van der Waals surface area contributed by atoms with Crippen LogP contribution >= 0.6 is 11.6 Å². The fraction of sp³-hybridized carbons (Fsp3) is 0.0909. The average molecular weight is 253 g/mol. The second kappa shape index (κ2) is 4.10. The summed E-state index contributed by atoms with van der Waals surface area (Å²) >= 11 is 5.96. The van der Waals surface area contributed by atoms with E-state index in [0.717, 1.165) is 0 Å². The summed E-state index contributed by atoms with van der Waals surface area (Å²) in [6.07, 6.45) is 0. The van der Waals surface area contributed by atoms with Gasteiger partial charge in [-0.2, -0.15) is 5.10 Å². The number of aromatic amines is 1. The number of hydrogen-bond donors (Lipinski definition) is 3. The van der Waals surface area contributed by atoms with Gasteiger partial charge >= 0.3 is 5.97 Å². The number of nitrogens with one attached hydrogen (secondary N) is 1. The highest BCUT2D eigenvalue weighted by Crippen LogP contribution is 2.37. The molecule has 0 spiro atoms. The summed E-state index contributed by atoms with van der Waals surface area (Å²) in [7, 11) is 0. The molecule has 0 radical (unpaired) electrons. The van der Waals surface area contributed by atoms with Crippen molar-refractivity contribution in [1.29, 1.82) is 0 Å². The molecular weight excluding hydrogens is 244 g/mol. The van der Waals surface area contributed by atoms with Crippen LogP contribution in [0.3, 0.4) is 0 Å². The van der Waals surface area contributed by atoms with Crippen molar-refractivity contribution in [3.63, 3.8) is 0 Å². The van der Waals surface area contributed by atoms with Gasteiger partial charge in [0.05, 0.1) is 16.3 Å². The van der Waals surface area contributed by atoms with Gasteiger partial charge in [0.15, 0.2) is 0 Å². The standard InChI is InChI=1S/C11H9ClN2O3/c1-5-2-3-6(12)9(10(5)15)7-4-8(11(16)17)14-13-7/h2-4,15H,1H3,(H,13,14)(H,16,17). The van der Waals surface area contributed by atoms with Gasteiger partial charge in [0, 0.05) is 0 Å². The normalized spacial score (nSPS) is 10.5. The lowest BCUT2D eigenvalue weighted by atomic mass is 10.1. The van der Waals surface area contributed by atoms with Crippen molar-refractivity contribution in [2.75, 3.05) is 0 Å². The molecule has 0 bridgehead atoms. The second-order valence-electron chi connectivity index (χ2n) is 3.56. The number of halogens is 1. The lowest BCUT2D eigenvalue weighted by Gasteiger charge is -2.06. The molecule has 3 N–H and O–H groups in total. The maximum Gasteiger partial charge on any atom is 0.353 e. The van der Waals surface area contributed by atoms with Crippen LogP contribution in [0.5, 0.6) is 5.75 Å². The quantitative estimate of drug-likeness (QED) is 0.766. The lowest BCUT2D eigenvalue weighted by molar-refractivity contribution is 0.0690. The molecule has 1 aromatic carbocycles. The number of rotatable bonds is 2. The molecule has 0 aliphatic rings. The summed E-state index contributed by atoms with van der Waals surface area (Å²) in [4.78, 5) is 10.7. The first-order chi connectivity index (χ1) is 8.00. The van der Waals surface area contributed by atoms with E-state index in [2.05, 4.69) is 10.2 Å². The highest BCUT2D eigenvalue weighted by atomic mass is 35.5. The fourth-order valence-electron chi connectivity index (χ4n) is 1.47. The van der Waals surface area contributed by atoms with Gasteiger partial charge in [-0.25, -0.2) is 4.79 Å². The summed E-state index contributed by atoms with van der Waals surface area (Å²) in [6.45, 7) is 1.72. The van der Waals surface area contributed by atoms with Crippen LogP contribution < -0.4 is 0 Å². The summed E-state index contributed by atoms with van der Waals surface area (Å²) < 4.78 is 0. The van der Waals surface area contributed by atoms with Crippen molar-refractivity contribution in [2.24, 2.45) is 0 Å². The van der Waals surface area contributed by atoms with Gasteiger partial charge in [-0.15, -0.1) is 0 Å². The molecule has 0 unspecified atom stereocenters. The summed E-state index contributed by atoms with van der Waals surface area (Å²) in [5.74, 6) is -1.12. The molecule has 1 heterocycles. The Morgan fingerprint density at radius 3 is 2.76 bits per heavy atom. The molecule has 0 saturated carbocycles. The predicted octanol–water partition coefficient (Wildman–Crippen LogP) is 2.44. The van der Waals surface area contributed by atoms with E-state index in [9.17, 15) is 9.90 Å². The van der Waals surface area contributed by atoms with Crippen molar-refractivity contribution in [2.45, 2.75) is 6.92 Å². The SMILES string of the molecule is Cc1ccc(Cl)c(-c2cc(C(=O)O)[nH]n2)c1O. The Kier molecular flexibility index (Phi) is 2.77. The highest BCUT2D eigenvalue weighted by molar-refractivity contribution is 6.33. The maximum absolute atomic E-state index is 10.7. The Labute approximate surface area is 102 Å². The zero-order chi connectivity index (χ0) is 12.6. The molecule has 5 nitrogen and oxygen atoms in total. The van der Waals surface area contributed by atoms with Gasteiger partial charge in [0.2, 0.25) is 0 Å². The number of carboxylic acids is 1. The van der Waals surface area contributed by atoms with Crippen LogP contribution in [-0.4, -0.2) is 26.4 Å². The van der Waals surface area contributed by atoms with Crippen molar-refractivity contribution >= 4 is 17.6 Å². The van der Waals surface area contributed by atoms with E-state index in [1.165, 1.54) is 6.07 Å². The van der Waals surface area contributed by atoms with Crippen LogP contribution in [0.2, 0.25) is 5.02 Å². The fourth-order valence-corrected chi connectivity index (χ4v) is 1.72. The van der Waals surface area contributed by atoms with E-state index < -0.39 is 5.97 Å². The molecule has 17 heavy (non-hydrogen) atoms. The van der Waals surface area contributed by atoms with Gasteiger partial charge in [-0.05, 0) is 24.6 Å². The number of benzene rings is 1. The van der Waals surface area contributed by atoms with Crippen molar-refractivity contribution in [3.05, 3.63) is 34.5 Å². The van der Waals surface area contributed by atoms with Crippen LogP contribution in [0.25, 0.3) is 11.3 Å². The molecule has 0 fully saturated rings. The maximum atomic E-state index is 10.7. The summed E-state index contributed by atoms with van der Waals surface area (Å²) in [6, 6.07) is 4.62. The van der Waals surface area contributed by atoms with Crippen LogP contribution in [0.15, 0.2) is 18.2 Å². The minimum absolute atomic E-state index is 0.000869. The number of hydrogen-bond acceptors (Lipinski definition) is 3. The number of phenols is 1. The number of aromatic nitrogens is 2. The summed E-state index contributed by atoms with van der Waals surface area (Å²) in [5, 5.41) is 25.2. The number of aromatic carboxylic acids is 1. The van der Waals surface area contributed by atoms with Crippen LogP contribution in [0, 0.1) is 6.92 Å². The number of carbonyl (C=O) groups is 1. The smallest absolute Gasteiger partial charge is 0.353 e. The third kappa shape index (κ3) is 1.97. The van der Waals surface area contributed by atoms with E-state index in [0.29, 0.717) is 21.8 Å². The molecule has 88 valence electrons. The first-order valence-electron chi connectivity index (χ1n) is 4.78. The van der Waals surface area contributed by atoms with Crippen LogP contribution in [-0.2, 0) is 0 Å². The van der Waals surface area contributed by atoms with E-state index in [1.54, 1.807) is 19.1 Å². The minimum atomic E-state index is -1.12. The highest BCUT2D eigenvalue weighted by Gasteiger charge is 2.16. The minimum Gasteiger partial charge on any atom is -0.507 e. The monoisotopic (exact) mass is 252 g/mol. The first-order valence-corrected chi connectivity index (χ1v) is 5.15. The van der Waals surface area contributed by atoms with Crippen molar-refractivity contribution < 1.29 is 15.0 Å². The van der Waals surface area contributed by atoms with Gasteiger partial charge < -0.3 is 10.2 Å². The number of nitrogens with zero attached hydrogens (tertiary/aromatic N) is 1. The number of carboxylic acid groups (broad SMARTS) is 1. The number of aromatic hydroxyl groups is 1. The molecule has 0 aliphatic heterocycles. The molecule has 1 aromatic heterocycles. The molecule has 2 aromatic rings. The zero-order valence-electron chi connectivity index (χ0n) is 8.86. The third-order valence-corrected chi connectivity index (χ3v) is 2.71. The van der Waals surface area contributed by atoms with Crippen LogP contribution in [0.4, 0.5) is 0 Å². The van der Waals surface area contributed by atoms with E-state index in [1.807, 2.05) is 0 Å². The predicted molar refractivity (Wildman–Crippen MR) is 62.4 cm³/mol. The molecule has 2 rings (SSSR count). The van der Waals surface area contributed by atoms with Crippen LogP contribution in [0.1, 0.15) is 16.1 Å². The van der Waals surface area contributed by atoms with Crippen molar-refractivity contribution in [3.8, 4) is 17.0 Å². The Bertz CT molecular complexity index is 592. The molecule has 0 amide bonds.